The molecule has 0 aliphatic heterocycles. The lowest BCUT2D eigenvalue weighted by molar-refractivity contribution is 0.883. The van der Waals surface area contributed by atoms with Gasteiger partial charge in [-0.1, -0.05) is 29.8 Å². The topological polar surface area (TPSA) is 26.0 Å². The van der Waals surface area contributed by atoms with Crippen LogP contribution in [-0.2, 0) is 0 Å². The van der Waals surface area contributed by atoms with Crippen molar-refractivity contribution < 1.29 is 0 Å². The summed E-state index contributed by atoms with van der Waals surface area (Å²) >= 11 is 1.80. The van der Waals surface area contributed by atoms with E-state index < -0.39 is 0 Å². The molecule has 84 valence electrons. The zero-order valence-electron chi connectivity index (χ0n) is 9.95. The lowest BCUT2D eigenvalue weighted by Gasteiger charge is -2.12. The monoisotopic (exact) mass is 231 g/mol. The van der Waals surface area contributed by atoms with Crippen molar-refractivity contribution in [1.82, 2.24) is 0 Å². The molecule has 1 heterocycles. The number of aryl methyl sites for hydroxylation is 3. The summed E-state index contributed by atoms with van der Waals surface area (Å²) in [5.41, 5.74) is 10.1. The van der Waals surface area contributed by atoms with Gasteiger partial charge in [0, 0.05) is 9.75 Å². The van der Waals surface area contributed by atoms with Crippen molar-refractivity contribution in [2.24, 2.45) is 5.73 Å². The van der Waals surface area contributed by atoms with E-state index >= 15 is 0 Å². The Balaban J connectivity index is 2.38. The van der Waals surface area contributed by atoms with Gasteiger partial charge in [0.15, 0.2) is 0 Å². The van der Waals surface area contributed by atoms with Crippen LogP contribution in [-0.4, -0.2) is 0 Å². The van der Waals surface area contributed by atoms with Crippen molar-refractivity contribution in [1.29, 1.82) is 0 Å². The summed E-state index contributed by atoms with van der Waals surface area (Å²) in [7, 11) is 0. The molecule has 0 fully saturated rings. The molecule has 0 aliphatic rings. The lowest BCUT2D eigenvalue weighted by atomic mass is 10.0. The second-order valence-corrected chi connectivity index (χ2v) is 5.58. The van der Waals surface area contributed by atoms with Gasteiger partial charge in [-0.15, -0.1) is 11.3 Å². The molecule has 0 amide bonds. The van der Waals surface area contributed by atoms with Crippen LogP contribution in [0.15, 0.2) is 30.3 Å². The van der Waals surface area contributed by atoms with Crippen molar-refractivity contribution in [2.75, 3.05) is 0 Å². The number of nitrogens with two attached hydrogens (primary N) is 1. The van der Waals surface area contributed by atoms with Crippen LogP contribution in [0.4, 0.5) is 0 Å². The molecule has 0 spiro atoms. The van der Waals surface area contributed by atoms with Gasteiger partial charge in [0.1, 0.15) is 0 Å². The fourth-order valence-electron chi connectivity index (χ4n) is 1.98. The quantitative estimate of drug-likeness (QED) is 0.837. The summed E-state index contributed by atoms with van der Waals surface area (Å²) in [6.07, 6.45) is 0. The minimum Gasteiger partial charge on any atom is -0.320 e. The van der Waals surface area contributed by atoms with Crippen LogP contribution in [0.25, 0.3) is 0 Å². The van der Waals surface area contributed by atoms with Gasteiger partial charge in [0.05, 0.1) is 6.04 Å². The van der Waals surface area contributed by atoms with E-state index in [4.69, 9.17) is 5.73 Å². The number of benzene rings is 1. The van der Waals surface area contributed by atoms with Crippen molar-refractivity contribution >= 4 is 11.3 Å². The highest BCUT2D eigenvalue weighted by atomic mass is 32.1. The molecule has 1 atom stereocenters. The molecule has 0 bridgehead atoms. The Labute approximate surface area is 101 Å². The van der Waals surface area contributed by atoms with Gasteiger partial charge in [-0.25, -0.2) is 0 Å². The standard InChI is InChI=1S/C14H17NS/c1-9-5-4-6-12(7-9)13(15)14-10(2)8-11(3)16-14/h4-8,13H,15H2,1-3H3. The highest BCUT2D eigenvalue weighted by Gasteiger charge is 2.13. The Bertz CT molecular complexity index is 499. The summed E-state index contributed by atoms with van der Waals surface area (Å²) in [5, 5.41) is 0. The Hall–Kier alpha value is -1.12. The first kappa shape index (κ1) is 11.4. The normalized spacial score (nSPS) is 12.8. The fraction of sp³-hybridized carbons (Fsp3) is 0.286. The summed E-state index contributed by atoms with van der Waals surface area (Å²) in [5.74, 6) is 0. The summed E-state index contributed by atoms with van der Waals surface area (Å²) < 4.78 is 0. The maximum absolute atomic E-state index is 6.31. The van der Waals surface area contributed by atoms with Crippen LogP contribution >= 0.6 is 11.3 Å². The van der Waals surface area contributed by atoms with E-state index in [0.717, 1.165) is 0 Å². The summed E-state index contributed by atoms with van der Waals surface area (Å²) in [6.45, 7) is 6.36. The number of hydrogen-bond donors (Lipinski definition) is 1. The molecule has 16 heavy (non-hydrogen) atoms. The maximum atomic E-state index is 6.31. The van der Waals surface area contributed by atoms with Gasteiger partial charge in [0.25, 0.3) is 0 Å². The van der Waals surface area contributed by atoms with E-state index in [1.165, 1.54) is 26.4 Å². The molecule has 1 nitrogen and oxygen atoms in total. The molecule has 2 aromatic rings. The molecule has 2 heteroatoms. The van der Waals surface area contributed by atoms with Gasteiger partial charge in [-0.3, -0.25) is 0 Å². The summed E-state index contributed by atoms with van der Waals surface area (Å²) in [4.78, 5) is 2.61. The molecule has 1 unspecified atom stereocenters. The SMILES string of the molecule is Cc1cccc(C(N)c2sc(C)cc2C)c1. The zero-order chi connectivity index (χ0) is 11.7. The van der Waals surface area contributed by atoms with Crippen LogP contribution in [0.2, 0.25) is 0 Å². The average molecular weight is 231 g/mol. The highest BCUT2D eigenvalue weighted by Crippen LogP contribution is 2.30. The van der Waals surface area contributed by atoms with E-state index in [1.54, 1.807) is 11.3 Å². The second-order valence-electron chi connectivity index (χ2n) is 4.30. The fourth-order valence-corrected chi connectivity index (χ4v) is 3.05. The Kier molecular flexibility index (Phi) is 3.13. The van der Waals surface area contributed by atoms with E-state index in [9.17, 15) is 0 Å². The largest absolute Gasteiger partial charge is 0.320 e. The van der Waals surface area contributed by atoms with Gasteiger partial charge < -0.3 is 5.73 Å². The molecule has 0 radical (unpaired) electrons. The highest BCUT2D eigenvalue weighted by molar-refractivity contribution is 7.12. The van der Waals surface area contributed by atoms with Gasteiger partial charge in [-0.05, 0) is 38.0 Å². The Morgan fingerprint density at radius 3 is 2.44 bits per heavy atom. The van der Waals surface area contributed by atoms with Crippen molar-refractivity contribution in [3.63, 3.8) is 0 Å². The first-order chi connectivity index (χ1) is 7.58. The van der Waals surface area contributed by atoms with Crippen LogP contribution < -0.4 is 5.73 Å². The van der Waals surface area contributed by atoms with Gasteiger partial charge >= 0.3 is 0 Å². The number of thiophene rings is 1. The molecule has 0 saturated carbocycles. The van der Waals surface area contributed by atoms with Gasteiger partial charge in [0.2, 0.25) is 0 Å². The minimum atomic E-state index is 0.0126. The summed E-state index contributed by atoms with van der Waals surface area (Å²) in [6, 6.07) is 10.7. The molecule has 2 rings (SSSR count). The predicted molar refractivity (Wildman–Crippen MR) is 71.0 cm³/mol. The van der Waals surface area contributed by atoms with Crippen molar-refractivity contribution in [3.05, 3.63) is 56.8 Å². The minimum absolute atomic E-state index is 0.0126. The smallest absolute Gasteiger partial charge is 0.0648 e. The first-order valence-corrected chi connectivity index (χ1v) is 6.28. The van der Waals surface area contributed by atoms with Crippen LogP contribution in [0.3, 0.4) is 0 Å². The molecule has 2 N–H and O–H groups in total. The van der Waals surface area contributed by atoms with E-state index in [-0.39, 0.29) is 6.04 Å². The number of rotatable bonds is 2. The van der Waals surface area contributed by atoms with E-state index in [0.29, 0.717) is 0 Å². The molecular formula is C14H17NS. The third-order valence-corrected chi connectivity index (χ3v) is 4.00. The van der Waals surface area contributed by atoms with Crippen LogP contribution in [0, 0.1) is 20.8 Å². The molecular weight excluding hydrogens is 214 g/mol. The molecule has 1 aromatic heterocycles. The third-order valence-electron chi connectivity index (χ3n) is 2.76. The van der Waals surface area contributed by atoms with E-state index in [1.807, 2.05) is 0 Å². The average Bonchev–Trinajstić information content (AvgIpc) is 2.57. The van der Waals surface area contributed by atoms with Crippen LogP contribution in [0.5, 0.6) is 0 Å². The van der Waals surface area contributed by atoms with E-state index in [2.05, 4.69) is 51.1 Å². The first-order valence-electron chi connectivity index (χ1n) is 5.47. The number of hydrogen-bond acceptors (Lipinski definition) is 2. The maximum Gasteiger partial charge on any atom is 0.0648 e. The Morgan fingerprint density at radius 1 is 1.12 bits per heavy atom. The zero-order valence-corrected chi connectivity index (χ0v) is 10.8. The molecule has 0 saturated heterocycles. The molecule has 1 aromatic carbocycles. The Morgan fingerprint density at radius 2 is 1.88 bits per heavy atom. The third kappa shape index (κ3) is 2.18. The van der Waals surface area contributed by atoms with Crippen LogP contribution in [0.1, 0.15) is 32.5 Å². The van der Waals surface area contributed by atoms with Gasteiger partial charge in [-0.2, -0.15) is 0 Å². The second kappa shape index (κ2) is 4.40. The predicted octanol–water partition coefficient (Wildman–Crippen LogP) is 3.72. The molecule has 0 aliphatic carbocycles. The van der Waals surface area contributed by atoms with Crippen molar-refractivity contribution in [3.8, 4) is 0 Å². The van der Waals surface area contributed by atoms with Crippen molar-refractivity contribution in [2.45, 2.75) is 26.8 Å². The lowest BCUT2D eigenvalue weighted by Crippen LogP contribution is -2.11.